The van der Waals surface area contributed by atoms with Crippen LogP contribution in [0.25, 0.3) is 11.5 Å². The highest BCUT2D eigenvalue weighted by Gasteiger charge is 2.08. The molecule has 4 rings (SSSR count). The number of aryl methyl sites for hydroxylation is 3. The van der Waals surface area contributed by atoms with Gasteiger partial charge in [0.2, 0.25) is 5.89 Å². The van der Waals surface area contributed by atoms with Gasteiger partial charge in [-0.05, 0) is 37.5 Å². The summed E-state index contributed by atoms with van der Waals surface area (Å²) in [5, 5.41) is 6.62. The third-order valence-electron chi connectivity index (χ3n) is 5.43. The van der Waals surface area contributed by atoms with Gasteiger partial charge < -0.3 is 19.6 Å². The average molecular weight is 570 g/mol. The van der Waals surface area contributed by atoms with Crippen molar-refractivity contribution in [3.8, 4) is 11.5 Å². The molecule has 2 aromatic carbocycles. The highest BCUT2D eigenvalue weighted by molar-refractivity contribution is 14.0. The van der Waals surface area contributed by atoms with Crippen molar-refractivity contribution in [2.75, 3.05) is 7.05 Å². The fourth-order valence-electron chi connectivity index (χ4n) is 3.58. The number of imidazole rings is 1. The van der Waals surface area contributed by atoms with Gasteiger partial charge in [0.05, 0.1) is 18.8 Å². The maximum absolute atomic E-state index is 5.64. The molecule has 0 amide bonds. The summed E-state index contributed by atoms with van der Waals surface area (Å²) in [4.78, 5) is 13.4. The van der Waals surface area contributed by atoms with Crippen LogP contribution in [0.4, 0.5) is 0 Å². The molecule has 34 heavy (non-hydrogen) atoms. The Labute approximate surface area is 217 Å². The fourth-order valence-corrected chi connectivity index (χ4v) is 3.58. The van der Waals surface area contributed by atoms with Crippen LogP contribution in [0.2, 0.25) is 0 Å². The van der Waals surface area contributed by atoms with Crippen LogP contribution in [0.15, 0.2) is 82.7 Å². The van der Waals surface area contributed by atoms with E-state index in [1.165, 1.54) is 11.1 Å². The van der Waals surface area contributed by atoms with Crippen molar-refractivity contribution in [3.63, 3.8) is 0 Å². The Kier molecular flexibility index (Phi) is 9.69. The number of aliphatic imine (C=N–C) groups is 1. The van der Waals surface area contributed by atoms with Crippen molar-refractivity contribution >= 4 is 29.9 Å². The zero-order valence-electron chi connectivity index (χ0n) is 19.6. The van der Waals surface area contributed by atoms with Crippen LogP contribution in [-0.2, 0) is 26.1 Å². The molecule has 0 spiro atoms. The molecule has 4 aromatic rings. The first-order chi connectivity index (χ1) is 16.2. The van der Waals surface area contributed by atoms with Gasteiger partial charge in [-0.25, -0.2) is 9.97 Å². The van der Waals surface area contributed by atoms with Gasteiger partial charge in [-0.3, -0.25) is 4.99 Å². The Morgan fingerprint density at radius 3 is 2.56 bits per heavy atom. The number of benzene rings is 2. The van der Waals surface area contributed by atoms with Crippen LogP contribution >= 0.6 is 24.0 Å². The molecule has 2 aromatic heterocycles. The lowest BCUT2D eigenvalue weighted by Gasteiger charge is -2.12. The third-order valence-corrected chi connectivity index (χ3v) is 5.43. The van der Waals surface area contributed by atoms with Crippen LogP contribution in [0.3, 0.4) is 0 Å². The zero-order chi connectivity index (χ0) is 22.9. The molecule has 0 aliphatic heterocycles. The molecule has 0 aliphatic carbocycles. The van der Waals surface area contributed by atoms with Gasteiger partial charge in [0.1, 0.15) is 12.1 Å². The van der Waals surface area contributed by atoms with Gasteiger partial charge in [0, 0.05) is 31.5 Å². The van der Waals surface area contributed by atoms with Crippen molar-refractivity contribution in [1.82, 2.24) is 25.2 Å². The van der Waals surface area contributed by atoms with E-state index in [9.17, 15) is 0 Å². The summed E-state index contributed by atoms with van der Waals surface area (Å²) in [6, 6.07) is 18.7. The van der Waals surface area contributed by atoms with Crippen LogP contribution in [-0.4, -0.2) is 27.5 Å². The SMILES string of the molecule is CN=C(NCc1coc(-c2ccc(C)cc2)n1)NCc1nccn1CCCc1ccccc1.I. The lowest BCUT2D eigenvalue weighted by atomic mass is 10.1. The van der Waals surface area contributed by atoms with Gasteiger partial charge in [-0.2, -0.15) is 0 Å². The van der Waals surface area contributed by atoms with E-state index in [0.717, 1.165) is 36.5 Å². The minimum absolute atomic E-state index is 0. The molecular formula is C26H31IN6O. The lowest BCUT2D eigenvalue weighted by molar-refractivity contribution is 0.572. The van der Waals surface area contributed by atoms with Crippen LogP contribution in [0.5, 0.6) is 0 Å². The van der Waals surface area contributed by atoms with Crippen molar-refractivity contribution < 1.29 is 4.42 Å². The molecule has 2 heterocycles. The van der Waals surface area contributed by atoms with Crippen molar-refractivity contribution in [2.24, 2.45) is 4.99 Å². The molecule has 0 atom stereocenters. The molecule has 2 N–H and O–H groups in total. The summed E-state index contributed by atoms with van der Waals surface area (Å²) in [7, 11) is 1.75. The highest BCUT2D eigenvalue weighted by Crippen LogP contribution is 2.19. The maximum Gasteiger partial charge on any atom is 0.226 e. The Bertz CT molecular complexity index is 1170. The topological polar surface area (TPSA) is 80.3 Å². The van der Waals surface area contributed by atoms with Crippen molar-refractivity contribution in [3.05, 3.63) is 95.9 Å². The monoisotopic (exact) mass is 570 g/mol. The van der Waals surface area contributed by atoms with E-state index in [-0.39, 0.29) is 24.0 Å². The highest BCUT2D eigenvalue weighted by atomic mass is 127. The second kappa shape index (κ2) is 12.9. The van der Waals surface area contributed by atoms with E-state index in [1.54, 1.807) is 13.3 Å². The molecule has 0 radical (unpaired) electrons. The molecule has 0 saturated heterocycles. The first-order valence-corrected chi connectivity index (χ1v) is 11.2. The molecule has 178 valence electrons. The predicted molar refractivity (Wildman–Crippen MR) is 146 cm³/mol. The fraction of sp³-hybridized carbons (Fsp3) is 0.269. The summed E-state index contributed by atoms with van der Waals surface area (Å²) in [5.74, 6) is 2.29. The Hall–Kier alpha value is -3.14. The second-order valence-electron chi connectivity index (χ2n) is 7.92. The molecule has 0 bridgehead atoms. The van der Waals surface area contributed by atoms with Crippen molar-refractivity contribution in [2.45, 2.75) is 39.4 Å². The summed E-state index contributed by atoms with van der Waals surface area (Å²) < 4.78 is 7.83. The minimum Gasteiger partial charge on any atom is -0.444 e. The van der Waals surface area contributed by atoms with Gasteiger partial charge in [-0.15, -0.1) is 24.0 Å². The van der Waals surface area contributed by atoms with E-state index in [4.69, 9.17) is 4.42 Å². The molecular weight excluding hydrogens is 539 g/mol. The average Bonchev–Trinajstić information content (AvgIpc) is 3.50. The van der Waals surface area contributed by atoms with E-state index in [0.29, 0.717) is 24.9 Å². The van der Waals surface area contributed by atoms with E-state index < -0.39 is 0 Å². The summed E-state index contributed by atoms with van der Waals surface area (Å²) >= 11 is 0. The maximum atomic E-state index is 5.64. The number of rotatable bonds is 9. The number of hydrogen-bond donors (Lipinski definition) is 2. The smallest absolute Gasteiger partial charge is 0.226 e. The van der Waals surface area contributed by atoms with Crippen LogP contribution in [0, 0.1) is 6.92 Å². The molecule has 0 saturated carbocycles. The molecule has 8 heteroatoms. The largest absolute Gasteiger partial charge is 0.444 e. The third kappa shape index (κ3) is 7.18. The molecule has 7 nitrogen and oxygen atoms in total. The number of oxazole rings is 1. The quantitative estimate of drug-likeness (QED) is 0.169. The van der Waals surface area contributed by atoms with Crippen LogP contribution < -0.4 is 10.6 Å². The summed E-state index contributed by atoms with van der Waals surface area (Å²) in [6.45, 7) is 4.09. The van der Waals surface area contributed by atoms with Gasteiger partial charge in [0.25, 0.3) is 0 Å². The Morgan fingerprint density at radius 1 is 1.03 bits per heavy atom. The van der Waals surface area contributed by atoms with Crippen molar-refractivity contribution in [1.29, 1.82) is 0 Å². The number of guanidine groups is 1. The van der Waals surface area contributed by atoms with E-state index >= 15 is 0 Å². The number of nitrogens with one attached hydrogen (secondary N) is 2. The second-order valence-corrected chi connectivity index (χ2v) is 7.92. The summed E-state index contributed by atoms with van der Waals surface area (Å²) in [6.07, 6.45) is 7.67. The van der Waals surface area contributed by atoms with E-state index in [2.05, 4.69) is 79.5 Å². The number of nitrogens with zero attached hydrogens (tertiary/aromatic N) is 4. The first-order valence-electron chi connectivity index (χ1n) is 11.2. The first kappa shape index (κ1) is 25.5. The molecule has 0 unspecified atom stereocenters. The Morgan fingerprint density at radius 2 is 1.79 bits per heavy atom. The minimum atomic E-state index is 0. The number of halogens is 1. The standard InChI is InChI=1S/C26H30N6O.HI/c1-20-10-12-22(13-11-20)25-31-23(19-33-25)17-29-26(27-2)30-18-24-28-14-16-32(24)15-6-9-21-7-4-3-5-8-21;/h3-5,7-8,10-14,16,19H,6,9,15,17-18H2,1-2H3,(H2,27,29,30);1H. The van der Waals surface area contributed by atoms with Gasteiger partial charge >= 0.3 is 0 Å². The van der Waals surface area contributed by atoms with Gasteiger partial charge in [0.15, 0.2) is 5.96 Å². The number of hydrogen-bond acceptors (Lipinski definition) is 4. The zero-order valence-corrected chi connectivity index (χ0v) is 21.9. The lowest BCUT2D eigenvalue weighted by Crippen LogP contribution is -2.37. The summed E-state index contributed by atoms with van der Waals surface area (Å²) in [5.41, 5.74) is 4.35. The predicted octanol–water partition coefficient (Wildman–Crippen LogP) is 4.96. The molecule has 0 fully saturated rings. The van der Waals surface area contributed by atoms with E-state index in [1.807, 2.05) is 24.5 Å². The van der Waals surface area contributed by atoms with Crippen LogP contribution in [0.1, 0.15) is 29.1 Å². The van der Waals surface area contributed by atoms with Gasteiger partial charge in [-0.1, -0.05) is 48.0 Å². The molecule has 0 aliphatic rings. The Balaban J connectivity index is 0.00000324. The normalized spacial score (nSPS) is 11.2. The number of aromatic nitrogens is 3.